The Labute approximate surface area is 53.0 Å². The molecule has 0 atom stereocenters. The molecule has 1 aromatic rings. The molecule has 42 valence electrons. The maximum atomic E-state index is 3.10. The van der Waals surface area contributed by atoms with E-state index in [1.165, 1.54) is 0 Å². The van der Waals surface area contributed by atoms with E-state index >= 15 is 0 Å². The molecule has 1 aromatic heterocycles. The molecule has 0 bridgehead atoms. The Balaban J connectivity index is 2.99. The predicted octanol–water partition coefficient (Wildman–Crippen LogP) is 0.0225. The molecule has 0 aromatic carbocycles. The number of aromatic nitrogens is 1. The Kier molecular flexibility index (Phi) is 0.794. The van der Waals surface area contributed by atoms with E-state index in [0.29, 0.717) is 0 Å². The van der Waals surface area contributed by atoms with E-state index in [-0.39, 0.29) is 0 Å². The summed E-state index contributed by atoms with van der Waals surface area (Å²) in [4.78, 5) is 3.09. The molecule has 9 heavy (non-hydrogen) atoms. The third-order valence-corrected chi connectivity index (χ3v) is 1.38. The van der Waals surface area contributed by atoms with Gasteiger partial charge in [-0.15, -0.1) is 0 Å². The lowest BCUT2D eigenvalue weighted by Gasteiger charge is -1.72. The van der Waals surface area contributed by atoms with Crippen molar-refractivity contribution in [2.24, 2.45) is 0 Å². The predicted molar refractivity (Wildman–Crippen MR) is 37.1 cm³/mol. The van der Waals surface area contributed by atoms with Crippen molar-refractivity contribution in [3.05, 3.63) is 35.0 Å². The van der Waals surface area contributed by atoms with E-state index in [1.807, 2.05) is 30.5 Å². The summed E-state index contributed by atoms with van der Waals surface area (Å²) in [5.74, 6) is 0. The van der Waals surface area contributed by atoms with Crippen molar-refractivity contribution < 1.29 is 0 Å². The zero-order chi connectivity index (χ0) is 6.10. The van der Waals surface area contributed by atoms with E-state index in [9.17, 15) is 0 Å². The lowest BCUT2D eigenvalue weighted by molar-refractivity contribution is 1.32. The summed E-state index contributed by atoms with van der Waals surface area (Å²) < 4.78 is 0. The van der Waals surface area contributed by atoms with Crippen molar-refractivity contribution >= 4 is 12.2 Å². The second-order valence-electron chi connectivity index (χ2n) is 1.98. The first kappa shape index (κ1) is 4.54. The van der Waals surface area contributed by atoms with Gasteiger partial charge in [0.1, 0.15) is 5.35 Å². The second kappa shape index (κ2) is 1.57. The fraction of sp³-hybridized carbons (Fsp3) is 0. The van der Waals surface area contributed by atoms with Crippen LogP contribution in [0.4, 0.5) is 0 Å². The van der Waals surface area contributed by atoms with Gasteiger partial charge in [0.15, 0.2) is 5.22 Å². The molecule has 1 nitrogen and oxygen atoms in total. The summed E-state index contributed by atoms with van der Waals surface area (Å²) in [6.07, 6.45) is 10.9. The molecule has 2 rings (SSSR count). The Bertz CT molecular complexity index is 308. The fourth-order valence-corrected chi connectivity index (χ4v) is 0.928. The summed E-state index contributed by atoms with van der Waals surface area (Å²) in [5.41, 5.74) is 0. The molecule has 1 heteroatoms. The molecule has 0 amide bonds. The average molecular weight is 116 g/mol. The van der Waals surface area contributed by atoms with Crippen molar-refractivity contribution in [3.8, 4) is 0 Å². The van der Waals surface area contributed by atoms with Gasteiger partial charge in [0, 0.05) is 24.3 Å². The van der Waals surface area contributed by atoms with E-state index in [2.05, 4.69) is 11.1 Å². The number of H-pyrrole nitrogens is 1. The van der Waals surface area contributed by atoms with E-state index in [1.54, 1.807) is 0 Å². The van der Waals surface area contributed by atoms with Crippen molar-refractivity contribution in [3.63, 3.8) is 0 Å². The Morgan fingerprint density at radius 3 is 3.33 bits per heavy atom. The minimum Gasteiger partial charge on any atom is -0.311 e. The third-order valence-electron chi connectivity index (χ3n) is 1.38. The van der Waals surface area contributed by atoms with Crippen molar-refractivity contribution in [1.29, 1.82) is 0 Å². The van der Waals surface area contributed by atoms with Gasteiger partial charge in [-0.1, -0.05) is 0 Å². The molecule has 1 aliphatic carbocycles. The standard InChI is InChI=1S/C8H6N/c1-2-4-8-7(3-1)5-6-9-8/h1-2,4-6,9H/q+1. The molecule has 1 heterocycles. The molecular formula is C8H6N+. The van der Waals surface area contributed by atoms with Crippen LogP contribution in [0.25, 0.3) is 12.2 Å². The van der Waals surface area contributed by atoms with Gasteiger partial charge in [0.25, 0.3) is 0 Å². The lowest BCUT2D eigenvalue weighted by atomic mass is 10.3. The van der Waals surface area contributed by atoms with Crippen LogP contribution < -0.4 is 10.6 Å². The largest absolute Gasteiger partial charge is 0.311 e. The van der Waals surface area contributed by atoms with Crippen molar-refractivity contribution in [2.75, 3.05) is 0 Å². The SMILES string of the molecule is [C+]1=c2cc[nH]c2=CC=C1. The number of aromatic amines is 1. The van der Waals surface area contributed by atoms with Crippen LogP contribution in [0.5, 0.6) is 0 Å². The van der Waals surface area contributed by atoms with Gasteiger partial charge in [0.05, 0.1) is 12.3 Å². The number of hydrogen-bond donors (Lipinski definition) is 1. The highest BCUT2D eigenvalue weighted by atomic mass is 14.6. The van der Waals surface area contributed by atoms with Crippen LogP contribution in [0.15, 0.2) is 24.4 Å². The maximum Gasteiger partial charge on any atom is 0.173 e. The summed E-state index contributed by atoms with van der Waals surface area (Å²) in [6.45, 7) is 0. The molecule has 0 aliphatic heterocycles. The summed E-state index contributed by atoms with van der Waals surface area (Å²) >= 11 is 0. The molecular weight excluding hydrogens is 110 g/mol. The summed E-state index contributed by atoms with van der Waals surface area (Å²) in [5, 5.41) is 2.30. The van der Waals surface area contributed by atoms with Crippen LogP contribution in [0.2, 0.25) is 0 Å². The highest BCUT2D eigenvalue weighted by molar-refractivity contribution is 5.50. The molecule has 0 saturated carbocycles. The van der Waals surface area contributed by atoms with Crippen LogP contribution in [-0.4, -0.2) is 4.98 Å². The quantitative estimate of drug-likeness (QED) is 0.460. The number of hydrogen-bond acceptors (Lipinski definition) is 0. The minimum atomic E-state index is 1.15. The monoisotopic (exact) mass is 116 g/mol. The first-order valence-electron chi connectivity index (χ1n) is 2.90. The lowest BCUT2D eigenvalue weighted by Crippen LogP contribution is -2.22. The maximum absolute atomic E-state index is 3.10. The van der Waals surface area contributed by atoms with Crippen LogP contribution in [0.3, 0.4) is 0 Å². The normalized spacial score (nSPS) is 12.9. The highest BCUT2D eigenvalue weighted by Crippen LogP contribution is 1.79. The van der Waals surface area contributed by atoms with E-state index < -0.39 is 0 Å². The fourth-order valence-electron chi connectivity index (χ4n) is 0.928. The van der Waals surface area contributed by atoms with E-state index in [0.717, 1.165) is 10.6 Å². The topological polar surface area (TPSA) is 15.8 Å². The molecule has 0 saturated heterocycles. The van der Waals surface area contributed by atoms with Gasteiger partial charge in [-0.2, -0.15) is 0 Å². The second-order valence-corrected chi connectivity index (χ2v) is 1.98. The van der Waals surface area contributed by atoms with Gasteiger partial charge in [-0.3, -0.25) is 0 Å². The van der Waals surface area contributed by atoms with Crippen molar-refractivity contribution in [1.82, 2.24) is 4.98 Å². The van der Waals surface area contributed by atoms with Crippen LogP contribution >= 0.6 is 0 Å². The van der Waals surface area contributed by atoms with Crippen molar-refractivity contribution in [2.45, 2.75) is 0 Å². The smallest absolute Gasteiger partial charge is 0.173 e. The van der Waals surface area contributed by atoms with Gasteiger partial charge in [-0.25, -0.2) is 0 Å². The van der Waals surface area contributed by atoms with Gasteiger partial charge < -0.3 is 4.98 Å². The Morgan fingerprint density at radius 2 is 2.44 bits per heavy atom. The molecule has 1 aliphatic rings. The van der Waals surface area contributed by atoms with Crippen LogP contribution in [0.1, 0.15) is 0 Å². The molecule has 0 spiro atoms. The van der Waals surface area contributed by atoms with E-state index in [4.69, 9.17) is 0 Å². The first-order chi connectivity index (χ1) is 4.47. The van der Waals surface area contributed by atoms with Crippen LogP contribution in [0, 0.1) is 0 Å². The number of allylic oxidation sites excluding steroid dienone is 2. The van der Waals surface area contributed by atoms with Crippen LogP contribution in [-0.2, 0) is 0 Å². The zero-order valence-corrected chi connectivity index (χ0v) is 4.89. The summed E-state index contributed by atoms with van der Waals surface area (Å²) in [7, 11) is 0. The van der Waals surface area contributed by atoms with Gasteiger partial charge >= 0.3 is 0 Å². The molecule has 1 N–H and O–H groups in total. The van der Waals surface area contributed by atoms with Gasteiger partial charge in [0.2, 0.25) is 0 Å². The number of nitrogens with one attached hydrogen (secondary N) is 1. The highest BCUT2D eigenvalue weighted by Gasteiger charge is 1.95. The summed E-state index contributed by atoms with van der Waals surface area (Å²) in [6, 6.07) is 2.01. The zero-order valence-electron chi connectivity index (χ0n) is 4.89. The van der Waals surface area contributed by atoms with Gasteiger partial charge in [-0.05, 0) is 0 Å². The molecule has 0 radical (unpaired) electrons. The number of fused-ring (bicyclic) bond motifs is 1. The number of rotatable bonds is 0. The first-order valence-corrected chi connectivity index (χ1v) is 2.90. The Hall–Kier alpha value is -1.33. The average Bonchev–Trinajstić information content (AvgIpc) is 2.33. The molecule has 0 fully saturated rings. The third kappa shape index (κ3) is 0.592. The minimum absolute atomic E-state index is 1.15. The molecule has 0 unspecified atom stereocenters. The Morgan fingerprint density at radius 1 is 1.44 bits per heavy atom.